The zero-order chi connectivity index (χ0) is 17.2. The van der Waals surface area contributed by atoms with E-state index in [-0.39, 0.29) is 11.8 Å². The Morgan fingerprint density at radius 3 is 2.72 bits per heavy atom. The van der Waals surface area contributed by atoms with Gasteiger partial charge in [-0.05, 0) is 41.1 Å². The fourth-order valence-corrected chi connectivity index (χ4v) is 2.87. The normalized spacial score (nSPS) is 13.4. The molecule has 2 amide bonds. The van der Waals surface area contributed by atoms with Gasteiger partial charge in [-0.15, -0.1) is 0 Å². The van der Waals surface area contributed by atoms with E-state index in [4.69, 9.17) is 4.74 Å². The molecule has 0 saturated carbocycles. The number of rotatable bonds is 2. The van der Waals surface area contributed by atoms with Gasteiger partial charge >= 0.3 is 0 Å². The molecule has 0 aliphatic carbocycles. The maximum Gasteiger partial charge on any atom is 0.255 e. The first-order valence-corrected chi connectivity index (χ1v) is 8.06. The molecule has 0 radical (unpaired) electrons. The Labute approximate surface area is 144 Å². The Kier molecular flexibility index (Phi) is 3.82. The van der Waals surface area contributed by atoms with Crippen molar-refractivity contribution in [2.24, 2.45) is 0 Å². The van der Waals surface area contributed by atoms with Crippen LogP contribution in [0.25, 0.3) is 10.8 Å². The predicted molar refractivity (Wildman–Crippen MR) is 96.2 cm³/mol. The zero-order valence-corrected chi connectivity index (χ0v) is 13.4. The molecular formula is C20H16N2O3. The SMILES string of the molecule is O=C(Nc1ccc2c(c1)C(=O)NCCO2)c1ccc2ccccc2c1. The van der Waals surface area contributed by atoms with Crippen molar-refractivity contribution >= 4 is 28.3 Å². The maximum atomic E-state index is 12.5. The Hall–Kier alpha value is -3.34. The van der Waals surface area contributed by atoms with Crippen LogP contribution in [-0.2, 0) is 0 Å². The van der Waals surface area contributed by atoms with Crippen molar-refractivity contribution in [2.45, 2.75) is 0 Å². The number of fused-ring (bicyclic) bond motifs is 2. The summed E-state index contributed by atoms with van der Waals surface area (Å²) in [5.41, 5.74) is 1.54. The van der Waals surface area contributed by atoms with Crippen LogP contribution in [0.5, 0.6) is 5.75 Å². The van der Waals surface area contributed by atoms with E-state index in [0.29, 0.717) is 35.7 Å². The fraction of sp³-hybridized carbons (Fsp3) is 0.100. The summed E-state index contributed by atoms with van der Waals surface area (Å²) in [6, 6.07) is 18.5. The lowest BCUT2D eigenvalue weighted by Crippen LogP contribution is -2.24. The number of hydrogen-bond acceptors (Lipinski definition) is 3. The summed E-state index contributed by atoms with van der Waals surface area (Å²) in [5.74, 6) is 0.105. The average Bonchev–Trinajstić information content (AvgIpc) is 2.83. The number of anilines is 1. The first kappa shape index (κ1) is 15.2. The number of carbonyl (C=O) groups is 2. The van der Waals surface area contributed by atoms with Crippen molar-refractivity contribution < 1.29 is 14.3 Å². The third-order valence-corrected chi connectivity index (χ3v) is 4.14. The second-order valence-electron chi connectivity index (χ2n) is 5.83. The van der Waals surface area contributed by atoms with Crippen LogP contribution in [0.2, 0.25) is 0 Å². The molecule has 0 bridgehead atoms. The van der Waals surface area contributed by atoms with Gasteiger partial charge in [0.15, 0.2) is 0 Å². The van der Waals surface area contributed by atoms with Gasteiger partial charge < -0.3 is 15.4 Å². The molecule has 1 heterocycles. The zero-order valence-electron chi connectivity index (χ0n) is 13.4. The molecule has 4 rings (SSSR count). The molecule has 3 aromatic carbocycles. The number of hydrogen-bond donors (Lipinski definition) is 2. The fourth-order valence-electron chi connectivity index (χ4n) is 2.87. The third-order valence-electron chi connectivity index (χ3n) is 4.14. The Morgan fingerprint density at radius 2 is 1.84 bits per heavy atom. The van der Waals surface area contributed by atoms with E-state index in [2.05, 4.69) is 10.6 Å². The van der Waals surface area contributed by atoms with Crippen LogP contribution in [0.4, 0.5) is 5.69 Å². The largest absolute Gasteiger partial charge is 0.491 e. The minimum atomic E-state index is -0.222. The molecule has 1 aliphatic rings. The minimum Gasteiger partial charge on any atom is -0.491 e. The van der Waals surface area contributed by atoms with Gasteiger partial charge in [0.25, 0.3) is 11.8 Å². The van der Waals surface area contributed by atoms with Crippen LogP contribution >= 0.6 is 0 Å². The minimum absolute atomic E-state index is 0.200. The van der Waals surface area contributed by atoms with E-state index >= 15 is 0 Å². The summed E-state index contributed by atoms with van der Waals surface area (Å²) in [5, 5.41) is 7.68. The molecule has 0 aromatic heterocycles. The lowest BCUT2D eigenvalue weighted by Gasteiger charge is -2.10. The summed E-state index contributed by atoms with van der Waals surface area (Å²) in [4.78, 5) is 24.6. The molecule has 5 heteroatoms. The summed E-state index contributed by atoms with van der Waals surface area (Å²) in [7, 11) is 0. The Morgan fingerprint density at radius 1 is 1.00 bits per heavy atom. The molecule has 3 aromatic rings. The van der Waals surface area contributed by atoms with Gasteiger partial charge in [-0.25, -0.2) is 0 Å². The van der Waals surface area contributed by atoms with Gasteiger partial charge in [-0.1, -0.05) is 30.3 Å². The molecule has 0 fully saturated rings. The van der Waals surface area contributed by atoms with E-state index in [9.17, 15) is 9.59 Å². The summed E-state index contributed by atoms with van der Waals surface area (Å²) in [6.45, 7) is 0.897. The van der Waals surface area contributed by atoms with Crippen molar-refractivity contribution in [2.75, 3.05) is 18.5 Å². The highest BCUT2D eigenvalue weighted by Gasteiger charge is 2.17. The van der Waals surface area contributed by atoms with Crippen LogP contribution in [0, 0.1) is 0 Å². The van der Waals surface area contributed by atoms with Gasteiger partial charge in [-0.2, -0.15) is 0 Å². The van der Waals surface area contributed by atoms with Gasteiger partial charge in [-0.3, -0.25) is 9.59 Å². The number of amides is 2. The predicted octanol–water partition coefficient (Wildman–Crippen LogP) is 3.21. The molecule has 124 valence electrons. The molecule has 2 N–H and O–H groups in total. The topological polar surface area (TPSA) is 67.4 Å². The Balaban J connectivity index is 1.60. The second kappa shape index (κ2) is 6.28. The number of benzene rings is 3. The van der Waals surface area contributed by atoms with Gasteiger partial charge in [0.2, 0.25) is 0 Å². The van der Waals surface area contributed by atoms with Gasteiger partial charge in [0.05, 0.1) is 12.1 Å². The Bertz CT molecular complexity index is 982. The maximum absolute atomic E-state index is 12.5. The van der Waals surface area contributed by atoms with Crippen LogP contribution in [0.3, 0.4) is 0 Å². The highest BCUT2D eigenvalue weighted by molar-refractivity contribution is 6.07. The molecule has 5 nitrogen and oxygen atoms in total. The molecule has 0 unspecified atom stereocenters. The average molecular weight is 332 g/mol. The van der Waals surface area contributed by atoms with Crippen LogP contribution in [-0.4, -0.2) is 25.0 Å². The highest BCUT2D eigenvalue weighted by Crippen LogP contribution is 2.25. The van der Waals surface area contributed by atoms with Crippen molar-refractivity contribution in [1.82, 2.24) is 5.32 Å². The van der Waals surface area contributed by atoms with Crippen molar-refractivity contribution in [3.8, 4) is 5.75 Å². The number of carbonyl (C=O) groups excluding carboxylic acids is 2. The number of ether oxygens (including phenoxy) is 1. The monoisotopic (exact) mass is 332 g/mol. The van der Waals surface area contributed by atoms with E-state index in [1.54, 1.807) is 24.3 Å². The molecule has 0 atom stereocenters. The van der Waals surface area contributed by atoms with Gasteiger partial charge in [0, 0.05) is 11.3 Å². The molecular weight excluding hydrogens is 316 g/mol. The summed E-state index contributed by atoms with van der Waals surface area (Å²) < 4.78 is 5.52. The van der Waals surface area contributed by atoms with Crippen molar-refractivity contribution in [3.63, 3.8) is 0 Å². The number of nitrogens with one attached hydrogen (secondary N) is 2. The first-order chi connectivity index (χ1) is 12.2. The molecule has 25 heavy (non-hydrogen) atoms. The molecule has 0 saturated heterocycles. The van der Waals surface area contributed by atoms with E-state index in [1.807, 2.05) is 36.4 Å². The van der Waals surface area contributed by atoms with Crippen LogP contribution in [0.15, 0.2) is 60.7 Å². The van der Waals surface area contributed by atoms with E-state index < -0.39 is 0 Å². The van der Waals surface area contributed by atoms with E-state index in [0.717, 1.165) is 10.8 Å². The molecule has 0 spiro atoms. The second-order valence-corrected chi connectivity index (χ2v) is 5.83. The lowest BCUT2D eigenvalue weighted by molar-refractivity contribution is 0.0955. The van der Waals surface area contributed by atoms with Crippen LogP contribution < -0.4 is 15.4 Å². The van der Waals surface area contributed by atoms with Crippen LogP contribution in [0.1, 0.15) is 20.7 Å². The van der Waals surface area contributed by atoms with Gasteiger partial charge in [0.1, 0.15) is 12.4 Å². The smallest absolute Gasteiger partial charge is 0.255 e. The standard InChI is InChI=1S/C20H16N2O3/c23-19(15-6-5-13-3-1-2-4-14(13)11-15)22-16-7-8-18-17(12-16)20(24)21-9-10-25-18/h1-8,11-12H,9-10H2,(H,21,24)(H,22,23). The van der Waals surface area contributed by atoms with Crippen molar-refractivity contribution in [3.05, 3.63) is 71.8 Å². The van der Waals surface area contributed by atoms with E-state index in [1.165, 1.54) is 0 Å². The highest BCUT2D eigenvalue weighted by atomic mass is 16.5. The first-order valence-electron chi connectivity index (χ1n) is 8.06. The lowest BCUT2D eigenvalue weighted by atomic mass is 10.1. The third kappa shape index (κ3) is 3.04. The molecule has 1 aliphatic heterocycles. The summed E-state index contributed by atoms with van der Waals surface area (Å²) in [6.07, 6.45) is 0. The summed E-state index contributed by atoms with van der Waals surface area (Å²) >= 11 is 0. The quantitative estimate of drug-likeness (QED) is 0.757. The van der Waals surface area contributed by atoms with Crippen molar-refractivity contribution in [1.29, 1.82) is 0 Å².